The normalized spacial score (nSPS) is 18.0. The van der Waals surface area contributed by atoms with Gasteiger partial charge in [0.25, 0.3) is 0 Å². The molecule has 46 heavy (non-hydrogen) atoms. The van der Waals surface area contributed by atoms with Crippen molar-refractivity contribution in [2.45, 2.75) is 120 Å². The van der Waals surface area contributed by atoms with Gasteiger partial charge in [-0.1, -0.05) is 26.7 Å². The first-order chi connectivity index (χ1) is 21.9. The predicted molar refractivity (Wildman–Crippen MR) is 215 cm³/mol. The summed E-state index contributed by atoms with van der Waals surface area (Å²) in [7, 11) is 0. The topological polar surface area (TPSA) is 17.1 Å². The number of hydrogen-bond acceptors (Lipinski definition) is 5. The van der Waals surface area contributed by atoms with Crippen LogP contribution in [0.1, 0.15) is 106 Å². The van der Waals surface area contributed by atoms with Crippen LogP contribution in [0.4, 0.5) is 0 Å². The van der Waals surface area contributed by atoms with Gasteiger partial charge in [-0.2, -0.15) is 0 Å². The molecule has 0 radical (unpaired) electrons. The molecule has 4 heterocycles. The maximum atomic E-state index is 15.1. The van der Waals surface area contributed by atoms with Crippen molar-refractivity contribution in [3.05, 3.63) is 65.7 Å². The van der Waals surface area contributed by atoms with Crippen molar-refractivity contribution < 1.29 is 4.79 Å². The summed E-state index contributed by atoms with van der Waals surface area (Å²) in [6.07, 6.45) is 12.6. The molecule has 0 amide bonds. The van der Waals surface area contributed by atoms with Crippen molar-refractivity contribution in [3.8, 4) is 11.1 Å². The van der Waals surface area contributed by atoms with Gasteiger partial charge < -0.3 is 0 Å². The van der Waals surface area contributed by atoms with E-state index in [2.05, 4.69) is 79.9 Å². The zero-order valence-electron chi connectivity index (χ0n) is 29.2. The fourth-order valence-electron chi connectivity index (χ4n) is 7.08. The van der Waals surface area contributed by atoms with E-state index >= 15 is 4.79 Å². The average molecular weight is 903 g/mol. The fourth-order valence-corrected chi connectivity index (χ4v) is 22.6. The molecule has 2 aliphatic carbocycles. The van der Waals surface area contributed by atoms with E-state index in [-0.39, 0.29) is 11.8 Å². The fraction of sp³-hybridized carbons (Fsp3) is 0.513. The van der Waals surface area contributed by atoms with Crippen LogP contribution in [0.3, 0.4) is 0 Å². The van der Waals surface area contributed by atoms with E-state index in [1.807, 2.05) is 45.3 Å². The van der Waals surface area contributed by atoms with Gasteiger partial charge in [-0.25, -0.2) is 0 Å². The summed E-state index contributed by atoms with van der Waals surface area (Å²) >= 11 is 3.39. The van der Waals surface area contributed by atoms with Gasteiger partial charge in [0.1, 0.15) is 0 Å². The van der Waals surface area contributed by atoms with Crippen molar-refractivity contribution in [1.29, 1.82) is 0 Å². The van der Waals surface area contributed by atoms with Crippen LogP contribution in [0.15, 0.2) is 36.4 Å². The number of carbonyl (C=O) groups excluding carboxylic acids is 1. The summed E-state index contributed by atoms with van der Waals surface area (Å²) in [4.78, 5) is 38.5. The zero-order chi connectivity index (χ0) is 32.8. The van der Waals surface area contributed by atoms with Gasteiger partial charge in [-0.15, -0.1) is 0 Å². The predicted octanol–water partition coefficient (Wildman–Crippen LogP) is 12.3. The molecule has 2 aliphatic rings. The Hall–Kier alpha value is -0.193. The molecule has 4 aromatic rings. The van der Waals surface area contributed by atoms with Gasteiger partial charge in [0, 0.05) is 0 Å². The molecule has 0 bridgehead atoms. The molecule has 0 fully saturated rings. The van der Waals surface area contributed by atoms with E-state index in [4.69, 9.17) is 0 Å². The minimum atomic E-state index is -2.29. The quantitative estimate of drug-likeness (QED) is 0.0910. The molecule has 6 rings (SSSR count). The van der Waals surface area contributed by atoms with Gasteiger partial charge in [0.05, 0.1) is 0 Å². The monoisotopic (exact) mass is 904 g/mol. The van der Waals surface area contributed by atoms with Crippen LogP contribution in [-0.4, -0.2) is 42.5 Å². The molecule has 4 aromatic heterocycles. The number of fused-ring (bicyclic) bond motifs is 6. The van der Waals surface area contributed by atoms with E-state index < -0.39 is 36.8 Å². The Morgan fingerprint density at radius 3 is 1.80 bits per heavy atom. The number of hydrogen-bond donors (Lipinski definition) is 0. The SMILES string of the molecule is CCCCCCc1cc2c(s1)C1=C(c3cc[c]([Sn]([CH3])([CH3])[CH3])s3)C(=O)C(c3cc[c]([Sn]([CH3])([CH3])[CH3])s3)C1c1sc(CCCCCC)cc1-2. The Morgan fingerprint density at radius 1 is 0.630 bits per heavy atom. The van der Waals surface area contributed by atoms with E-state index in [1.165, 1.54) is 97.3 Å². The van der Waals surface area contributed by atoms with Crippen LogP contribution < -0.4 is 5.79 Å². The summed E-state index contributed by atoms with van der Waals surface area (Å²) in [6, 6.07) is 14.5. The van der Waals surface area contributed by atoms with E-state index in [9.17, 15) is 0 Å². The standard InChI is InChI=1S/C33H34OS4.6CH3.2Sn/c1-3-5-7-9-13-21-19-23-24-20-22(14-10-8-6-4-2)38-33(24)30-28(26-16-12-18-36-26)31(34)27(25-15-11-17-35-25)29(30)32(23)37-21;;;;;;;;/h11-12,15-16,19-20,27,29H,3-10,13-14H2,1-2H3;6*1H3;;. The van der Waals surface area contributed by atoms with Crippen LogP contribution in [0.2, 0.25) is 29.6 Å². The van der Waals surface area contributed by atoms with Crippen LogP contribution in [0.25, 0.3) is 22.3 Å². The number of thiophene rings is 4. The van der Waals surface area contributed by atoms with Gasteiger partial charge in [-0.05, 0) is 0 Å². The molecule has 0 N–H and O–H groups in total. The maximum absolute atomic E-state index is 15.1. The summed E-state index contributed by atoms with van der Waals surface area (Å²) in [6.45, 7) is 4.59. The van der Waals surface area contributed by atoms with Crippen LogP contribution >= 0.6 is 45.3 Å². The molecule has 2 atom stereocenters. The van der Waals surface area contributed by atoms with Crippen molar-refractivity contribution in [2.24, 2.45) is 0 Å². The van der Waals surface area contributed by atoms with Crippen molar-refractivity contribution in [1.82, 2.24) is 0 Å². The summed E-state index contributed by atoms with van der Waals surface area (Å²) in [5.41, 5.74) is 5.29. The summed E-state index contributed by atoms with van der Waals surface area (Å²) in [5.74, 6) is 0.413. The van der Waals surface area contributed by atoms with Crippen molar-refractivity contribution in [3.63, 3.8) is 0 Å². The number of rotatable bonds is 14. The van der Waals surface area contributed by atoms with Crippen molar-refractivity contribution >= 4 is 105 Å². The van der Waals surface area contributed by atoms with Gasteiger partial charge >= 0.3 is 279 Å². The third-order valence-corrected chi connectivity index (χ3v) is 33.4. The van der Waals surface area contributed by atoms with E-state index in [0.29, 0.717) is 5.78 Å². The Kier molecular flexibility index (Phi) is 11.3. The van der Waals surface area contributed by atoms with Gasteiger partial charge in [-0.3, -0.25) is 0 Å². The Morgan fingerprint density at radius 2 is 1.22 bits per heavy atom. The molecule has 7 heteroatoms. The second-order valence-corrected chi connectivity index (χ2v) is 50.9. The van der Waals surface area contributed by atoms with Crippen LogP contribution in [0.5, 0.6) is 0 Å². The number of Topliss-reactive ketones (excluding diaryl/α,β-unsaturated/α-hetero) is 1. The second kappa shape index (κ2) is 14.6. The minimum absolute atomic E-state index is 0.102. The molecule has 246 valence electrons. The van der Waals surface area contributed by atoms with Crippen LogP contribution in [-0.2, 0) is 17.6 Å². The number of allylic oxidation sites excluding steroid dienone is 2. The second-order valence-electron chi connectivity index (χ2n) is 15.5. The third-order valence-electron chi connectivity index (χ3n) is 9.67. The molecule has 0 aromatic carbocycles. The Balaban J connectivity index is 1.53. The summed E-state index contributed by atoms with van der Waals surface area (Å²) in [5, 5.41) is 0. The average Bonchev–Trinajstić information content (AvgIpc) is 3.81. The zero-order valence-corrected chi connectivity index (χ0v) is 38.2. The number of ketones is 1. The third kappa shape index (κ3) is 7.17. The first kappa shape index (κ1) is 35.6. The Bertz CT molecular complexity index is 1730. The molecule has 0 aliphatic heterocycles. The van der Waals surface area contributed by atoms with Gasteiger partial charge in [0.2, 0.25) is 0 Å². The molecular formula is C39H52OS4Sn2. The van der Waals surface area contributed by atoms with Crippen LogP contribution in [0, 0.1) is 0 Å². The molecule has 0 spiro atoms. The number of unbranched alkanes of at least 4 members (excludes halogenated alkanes) is 6. The van der Waals surface area contributed by atoms with Gasteiger partial charge in [0.15, 0.2) is 0 Å². The number of aryl methyl sites for hydroxylation is 2. The van der Waals surface area contributed by atoms with Crippen molar-refractivity contribution in [2.75, 3.05) is 0 Å². The molecule has 1 nitrogen and oxygen atoms in total. The first-order valence-corrected chi connectivity index (χ1v) is 40.9. The molecule has 0 saturated carbocycles. The first-order valence-electron chi connectivity index (χ1n) is 17.7. The molecule has 0 saturated heterocycles. The molecule has 2 unspecified atom stereocenters. The Labute approximate surface area is 302 Å². The van der Waals surface area contributed by atoms with E-state index in [0.717, 1.165) is 18.4 Å². The number of carbonyl (C=O) groups is 1. The summed E-state index contributed by atoms with van der Waals surface area (Å²) < 4.78 is 3.15. The molecular weight excluding hydrogens is 850 g/mol. The van der Waals surface area contributed by atoms with E-state index in [1.54, 1.807) is 5.79 Å².